The van der Waals surface area contributed by atoms with E-state index in [9.17, 15) is 10.2 Å². The summed E-state index contributed by atoms with van der Waals surface area (Å²) in [6, 6.07) is 4.26. The van der Waals surface area contributed by atoms with Gasteiger partial charge in [0.1, 0.15) is 11.7 Å². The number of ether oxygens (including phenoxy) is 2. The van der Waals surface area contributed by atoms with E-state index in [0.29, 0.717) is 11.8 Å². The number of rotatable bonds is 6. The van der Waals surface area contributed by atoms with Crippen molar-refractivity contribution in [1.29, 1.82) is 0 Å². The third-order valence-electron chi connectivity index (χ3n) is 10.1. The highest BCUT2D eigenvalue weighted by Crippen LogP contribution is 2.75. The molecule has 172 valence electrons. The van der Waals surface area contributed by atoms with Crippen LogP contribution in [0.2, 0.25) is 0 Å². The van der Waals surface area contributed by atoms with E-state index in [1.807, 2.05) is 6.92 Å². The Labute approximate surface area is 186 Å². The average molecular weight is 430 g/mol. The predicted octanol–water partition coefficient (Wildman–Crippen LogP) is 4.02. The molecule has 5 heteroatoms. The molecule has 3 saturated carbocycles. The van der Waals surface area contributed by atoms with Gasteiger partial charge in [-0.25, -0.2) is 0 Å². The summed E-state index contributed by atoms with van der Waals surface area (Å²) in [7, 11) is 4.04. The van der Waals surface area contributed by atoms with Gasteiger partial charge in [0.15, 0.2) is 11.5 Å². The van der Waals surface area contributed by atoms with Gasteiger partial charge in [0.2, 0.25) is 0 Å². The zero-order chi connectivity index (χ0) is 22.4. The molecule has 5 nitrogen and oxygen atoms in total. The number of aromatic hydroxyl groups is 1. The topological polar surface area (TPSA) is 62.2 Å². The fraction of sp³-hybridized carbons (Fsp3) is 0.769. The average Bonchev–Trinajstić information content (AvgIpc) is 3.09. The number of fused-ring (bicyclic) bond motifs is 2. The zero-order valence-corrected chi connectivity index (χ0v) is 20.0. The SMILES string of the molecule is CCCC(C)(O)[C@H]1C[C@@]23CC[C@@]1(OC)[C@@H]1Oc4c(O)ccc(c4[C@@]12C)C[C@H]3N(C)CC. The lowest BCUT2D eigenvalue weighted by Gasteiger charge is -2.72. The monoisotopic (exact) mass is 429 g/mol. The van der Waals surface area contributed by atoms with Gasteiger partial charge in [-0.15, -0.1) is 0 Å². The maximum atomic E-state index is 11.7. The fourth-order valence-corrected chi connectivity index (χ4v) is 8.58. The van der Waals surface area contributed by atoms with Crippen LogP contribution in [0.25, 0.3) is 0 Å². The minimum Gasteiger partial charge on any atom is -0.504 e. The molecule has 31 heavy (non-hydrogen) atoms. The van der Waals surface area contributed by atoms with Crippen molar-refractivity contribution in [3.8, 4) is 11.5 Å². The molecule has 0 saturated heterocycles. The van der Waals surface area contributed by atoms with Crippen LogP contribution in [0.4, 0.5) is 0 Å². The zero-order valence-electron chi connectivity index (χ0n) is 20.0. The summed E-state index contributed by atoms with van der Waals surface area (Å²) >= 11 is 0. The van der Waals surface area contributed by atoms with Gasteiger partial charge < -0.3 is 24.6 Å². The largest absolute Gasteiger partial charge is 0.504 e. The molecule has 6 rings (SSSR count). The molecule has 0 aromatic heterocycles. The molecule has 1 aliphatic heterocycles. The van der Waals surface area contributed by atoms with Crippen molar-refractivity contribution in [2.75, 3.05) is 20.7 Å². The third-order valence-corrected chi connectivity index (χ3v) is 10.1. The van der Waals surface area contributed by atoms with Crippen LogP contribution in [0.3, 0.4) is 0 Å². The minimum absolute atomic E-state index is 0.0115. The standard InChI is InChI=1S/C26H39NO4/c1-7-11-23(3,29)18-15-25-12-13-26(18,30-6)22-24(25,4)20-16(14-19(25)27(5)8-2)9-10-17(28)21(20)31-22/h9-10,18-19,22,28-29H,7-8,11-15H2,1-6H3/t18-,19-,22-,23?,24+,25-,26+/m1/s1. The van der Waals surface area contributed by atoms with Crippen molar-refractivity contribution in [3.05, 3.63) is 23.3 Å². The van der Waals surface area contributed by atoms with Crippen LogP contribution in [0.15, 0.2) is 12.1 Å². The van der Waals surface area contributed by atoms with Crippen LogP contribution in [0, 0.1) is 11.3 Å². The van der Waals surface area contributed by atoms with Gasteiger partial charge in [0.25, 0.3) is 0 Å². The predicted molar refractivity (Wildman–Crippen MR) is 121 cm³/mol. The molecule has 4 aliphatic carbocycles. The third kappa shape index (κ3) is 2.33. The van der Waals surface area contributed by atoms with E-state index < -0.39 is 11.2 Å². The van der Waals surface area contributed by atoms with Gasteiger partial charge in [-0.3, -0.25) is 0 Å². The van der Waals surface area contributed by atoms with Crippen LogP contribution in [0.1, 0.15) is 70.9 Å². The highest BCUT2D eigenvalue weighted by molar-refractivity contribution is 5.62. The molecule has 1 spiro atoms. The fourth-order valence-electron chi connectivity index (χ4n) is 8.58. The maximum absolute atomic E-state index is 11.7. The van der Waals surface area contributed by atoms with Crippen LogP contribution >= 0.6 is 0 Å². The minimum atomic E-state index is -0.824. The Kier molecular flexibility index (Phi) is 4.60. The smallest absolute Gasteiger partial charge is 0.165 e. The number of phenolic OH excluding ortho intramolecular Hbond substituents is 1. The van der Waals surface area contributed by atoms with E-state index >= 15 is 0 Å². The summed E-state index contributed by atoms with van der Waals surface area (Å²) in [5.74, 6) is 0.878. The molecule has 3 fully saturated rings. The molecule has 0 amide bonds. The van der Waals surface area contributed by atoms with Gasteiger partial charge in [-0.1, -0.05) is 33.3 Å². The number of aliphatic hydroxyl groups is 1. The lowest BCUT2D eigenvalue weighted by atomic mass is 9.35. The molecular weight excluding hydrogens is 390 g/mol. The molecule has 1 unspecified atom stereocenters. The van der Waals surface area contributed by atoms with Crippen molar-refractivity contribution in [2.24, 2.45) is 11.3 Å². The highest BCUT2D eigenvalue weighted by atomic mass is 16.6. The molecule has 2 bridgehead atoms. The van der Waals surface area contributed by atoms with Gasteiger partial charge in [0.05, 0.1) is 5.60 Å². The summed E-state index contributed by atoms with van der Waals surface area (Å²) in [6.07, 6.45) is 5.29. The summed E-state index contributed by atoms with van der Waals surface area (Å²) in [6.45, 7) is 9.72. The Morgan fingerprint density at radius 3 is 2.68 bits per heavy atom. The molecule has 1 heterocycles. The van der Waals surface area contributed by atoms with Crippen molar-refractivity contribution in [2.45, 2.75) is 95.0 Å². The first-order valence-electron chi connectivity index (χ1n) is 12.1. The molecule has 0 radical (unpaired) electrons. The van der Waals surface area contributed by atoms with Gasteiger partial charge in [-0.2, -0.15) is 0 Å². The summed E-state index contributed by atoms with van der Waals surface area (Å²) in [5.41, 5.74) is 0.824. The van der Waals surface area contributed by atoms with Gasteiger partial charge in [0, 0.05) is 35.5 Å². The van der Waals surface area contributed by atoms with E-state index in [1.165, 1.54) is 11.1 Å². The van der Waals surface area contributed by atoms with E-state index in [0.717, 1.165) is 45.1 Å². The Morgan fingerprint density at radius 1 is 1.29 bits per heavy atom. The van der Waals surface area contributed by atoms with E-state index in [1.54, 1.807) is 13.2 Å². The summed E-state index contributed by atoms with van der Waals surface area (Å²) < 4.78 is 13.1. The number of hydrogen-bond acceptors (Lipinski definition) is 5. The number of methoxy groups -OCH3 is 1. The molecule has 1 aromatic carbocycles. The lowest BCUT2D eigenvalue weighted by molar-refractivity contribution is -0.288. The number of phenols is 1. The second-order valence-corrected chi connectivity index (χ2v) is 11.1. The second kappa shape index (κ2) is 6.61. The summed E-state index contributed by atoms with van der Waals surface area (Å²) in [5, 5.41) is 22.5. The van der Waals surface area contributed by atoms with Crippen LogP contribution in [-0.2, 0) is 16.6 Å². The molecule has 1 aromatic rings. The van der Waals surface area contributed by atoms with Crippen molar-refractivity contribution >= 4 is 0 Å². The van der Waals surface area contributed by atoms with E-state index in [-0.39, 0.29) is 28.6 Å². The highest BCUT2D eigenvalue weighted by Gasteiger charge is 2.79. The molecule has 5 aliphatic rings. The Morgan fingerprint density at radius 2 is 2.03 bits per heavy atom. The molecular formula is C26H39NO4. The number of likely N-dealkylation sites (N-methyl/N-ethyl adjacent to an activating group) is 1. The Bertz CT molecular complexity index is 900. The number of nitrogens with zero attached hydrogens (tertiary/aromatic N) is 1. The maximum Gasteiger partial charge on any atom is 0.165 e. The van der Waals surface area contributed by atoms with Crippen molar-refractivity contribution in [1.82, 2.24) is 4.90 Å². The van der Waals surface area contributed by atoms with Gasteiger partial charge in [-0.05, 0) is 64.3 Å². The van der Waals surface area contributed by atoms with E-state index in [2.05, 4.69) is 38.8 Å². The van der Waals surface area contributed by atoms with E-state index in [4.69, 9.17) is 9.47 Å². The normalized spacial score (nSPS) is 41.7. The first-order valence-corrected chi connectivity index (χ1v) is 12.1. The second-order valence-electron chi connectivity index (χ2n) is 11.1. The number of hydrogen-bond donors (Lipinski definition) is 2. The Hall–Kier alpha value is -1.30. The quantitative estimate of drug-likeness (QED) is 0.715. The van der Waals surface area contributed by atoms with Gasteiger partial charge >= 0.3 is 0 Å². The van der Waals surface area contributed by atoms with Crippen LogP contribution < -0.4 is 4.74 Å². The van der Waals surface area contributed by atoms with Crippen molar-refractivity contribution < 1.29 is 19.7 Å². The summed E-state index contributed by atoms with van der Waals surface area (Å²) in [4.78, 5) is 2.51. The first-order chi connectivity index (χ1) is 14.6. The molecule has 2 N–H and O–H groups in total. The Balaban J connectivity index is 1.78. The molecule has 7 atom stereocenters. The van der Waals surface area contributed by atoms with Crippen molar-refractivity contribution in [3.63, 3.8) is 0 Å². The lowest BCUT2D eigenvalue weighted by Crippen LogP contribution is -2.79. The number of benzene rings is 1. The van der Waals surface area contributed by atoms with Crippen LogP contribution in [-0.4, -0.2) is 59.2 Å². The first kappa shape index (κ1) is 21.5. The van der Waals surface area contributed by atoms with Crippen LogP contribution in [0.5, 0.6) is 11.5 Å².